The summed E-state index contributed by atoms with van der Waals surface area (Å²) in [5, 5.41) is 9.21. The highest BCUT2D eigenvalue weighted by Crippen LogP contribution is 2.27. The second kappa shape index (κ2) is 8.47. The van der Waals surface area contributed by atoms with Gasteiger partial charge in [0.2, 0.25) is 10.0 Å². The summed E-state index contributed by atoms with van der Waals surface area (Å²) < 4.78 is 28.9. The number of hydrogen-bond donors (Lipinski definition) is 1. The molecule has 0 radical (unpaired) electrons. The predicted molar refractivity (Wildman–Crippen MR) is 112 cm³/mol. The molecule has 1 aromatic heterocycles. The molecule has 2 heterocycles. The first-order valence-electron chi connectivity index (χ1n) is 9.77. The molecule has 1 N–H and O–H groups in total. The van der Waals surface area contributed by atoms with E-state index in [1.54, 1.807) is 6.20 Å². The summed E-state index contributed by atoms with van der Waals surface area (Å²) in [6.07, 6.45) is 4.76. The Labute approximate surface area is 172 Å². The van der Waals surface area contributed by atoms with Gasteiger partial charge in [-0.25, -0.2) is 23.1 Å². The first kappa shape index (κ1) is 21.2. The number of nitrogens with one attached hydrogen (secondary N) is 1. The summed E-state index contributed by atoms with van der Waals surface area (Å²) in [5.74, 6) is 0.852. The van der Waals surface area contributed by atoms with Crippen LogP contribution in [0.4, 0.5) is 5.82 Å². The van der Waals surface area contributed by atoms with E-state index in [0.717, 1.165) is 48.2 Å². The van der Waals surface area contributed by atoms with Crippen LogP contribution in [0.15, 0.2) is 23.4 Å². The summed E-state index contributed by atoms with van der Waals surface area (Å²) >= 11 is 0. The normalized spacial score (nSPS) is 15.3. The van der Waals surface area contributed by atoms with E-state index in [9.17, 15) is 13.7 Å². The van der Waals surface area contributed by atoms with Crippen LogP contribution < -0.4 is 9.62 Å². The van der Waals surface area contributed by atoms with Gasteiger partial charge in [-0.2, -0.15) is 5.26 Å². The fourth-order valence-electron chi connectivity index (χ4n) is 3.87. The number of benzene rings is 1. The van der Waals surface area contributed by atoms with Crippen LogP contribution in [0, 0.1) is 44.9 Å². The highest BCUT2D eigenvalue weighted by Gasteiger charge is 2.26. The van der Waals surface area contributed by atoms with Gasteiger partial charge in [0.25, 0.3) is 0 Å². The van der Waals surface area contributed by atoms with Crippen molar-refractivity contribution in [3.05, 3.63) is 46.4 Å². The maximum atomic E-state index is 13.0. The van der Waals surface area contributed by atoms with Gasteiger partial charge >= 0.3 is 0 Å². The molecule has 2 aromatic rings. The monoisotopic (exact) mass is 413 g/mol. The molecule has 0 amide bonds. The van der Waals surface area contributed by atoms with Gasteiger partial charge in [-0.3, -0.25) is 0 Å². The van der Waals surface area contributed by atoms with Crippen LogP contribution in [0.1, 0.15) is 40.8 Å². The molecule has 1 aliphatic rings. The molecule has 1 aliphatic heterocycles. The standard InChI is InChI=1S/C21H27N5O2S/c1-14-11-15(2)17(4)20(16(14)3)29(27,28)25-13-18-5-9-26(10-6-18)21-19(12-22)23-7-8-24-21/h7-8,11,18,25H,5-6,9-10,13H2,1-4H3. The summed E-state index contributed by atoms with van der Waals surface area (Å²) in [7, 11) is -3.57. The van der Waals surface area contributed by atoms with E-state index in [1.807, 2.05) is 33.8 Å². The van der Waals surface area contributed by atoms with E-state index in [1.165, 1.54) is 6.20 Å². The van der Waals surface area contributed by atoms with Gasteiger partial charge in [-0.15, -0.1) is 0 Å². The second-order valence-electron chi connectivity index (χ2n) is 7.71. The van der Waals surface area contributed by atoms with Crippen LogP contribution in [0.25, 0.3) is 0 Å². The Hall–Kier alpha value is -2.50. The van der Waals surface area contributed by atoms with Crippen molar-refractivity contribution >= 4 is 15.8 Å². The molecule has 0 saturated carbocycles. The molecule has 154 valence electrons. The zero-order chi connectivity index (χ0) is 21.2. The highest BCUT2D eigenvalue weighted by molar-refractivity contribution is 7.89. The number of aryl methyl sites for hydroxylation is 2. The molecular weight excluding hydrogens is 386 g/mol. The molecule has 7 nitrogen and oxygen atoms in total. The summed E-state index contributed by atoms with van der Waals surface area (Å²) in [5.41, 5.74) is 3.91. The number of rotatable bonds is 5. The van der Waals surface area contributed by atoms with Crippen LogP contribution in [0.5, 0.6) is 0 Å². The molecule has 0 atom stereocenters. The lowest BCUT2D eigenvalue weighted by Gasteiger charge is -2.33. The Balaban J connectivity index is 1.66. The molecule has 1 saturated heterocycles. The first-order valence-corrected chi connectivity index (χ1v) is 11.3. The molecule has 8 heteroatoms. The van der Waals surface area contributed by atoms with E-state index in [0.29, 0.717) is 23.0 Å². The Morgan fingerprint density at radius 2 is 1.69 bits per heavy atom. The Morgan fingerprint density at radius 1 is 1.10 bits per heavy atom. The van der Waals surface area contributed by atoms with Gasteiger partial charge in [0.15, 0.2) is 11.5 Å². The molecule has 0 aliphatic carbocycles. The molecule has 0 bridgehead atoms. The van der Waals surface area contributed by atoms with Crippen molar-refractivity contribution in [1.29, 1.82) is 5.26 Å². The van der Waals surface area contributed by atoms with Gasteiger partial charge < -0.3 is 4.90 Å². The number of anilines is 1. The average Bonchev–Trinajstić information content (AvgIpc) is 2.71. The van der Waals surface area contributed by atoms with Gasteiger partial charge in [0.05, 0.1) is 4.90 Å². The fraction of sp³-hybridized carbons (Fsp3) is 0.476. The minimum Gasteiger partial charge on any atom is -0.354 e. The van der Waals surface area contributed by atoms with Crippen LogP contribution >= 0.6 is 0 Å². The van der Waals surface area contributed by atoms with Crippen molar-refractivity contribution in [1.82, 2.24) is 14.7 Å². The fourth-order valence-corrected chi connectivity index (χ4v) is 5.60. The van der Waals surface area contributed by atoms with E-state index in [-0.39, 0.29) is 5.92 Å². The zero-order valence-electron chi connectivity index (χ0n) is 17.4. The van der Waals surface area contributed by atoms with Crippen LogP contribution in [0.3, 0.4) is 0 Å². The first-order chi connectivity index (χ1) is 13.7. The quantitative estimate of drug-likeness (QED) is 0.809. The third-order valence-corrected chi connectivity index (χ3v) is 7.52. The summed E-state index contributed by atoms with van der Waals surface area (Å²) in [6, 6.07) is 4.11. The summed E-state index contributed by atoms with van der Waals surface area (Å²) in [6.45, 7) is 9.47. The minimum atomic E-state index is -3.57. The van der Waals surface area contributed by atoms with E-state index in [2.05, 4.69) is 25.7 Å². The Morgan fingerprint density at radius 3 is 2.28 bits per heavy atom. The molecule has 1 aromatic carbocycles. The molecule has 0 spiro atoms. The SMILES string of the molecule is Cc1cc(C)c(C)c(S(=O)(=O)NCC2CCN(c3nccnc3C#N)CC2)c1C. The topological polar surface area (TPSA) is 99.0 Å². The van der Waals surface area contributed by atoms with Gasteiger partial charge in [-0.05, 0) is 68.7 Å². The van der Waals surface area contributed by atoms with Crippen LogP contribution in [0.2, 0.25) is 0 Å². The van der Waals surface area contributed by atoms with Gasteiger partial charge in [0.1, 0.15) is 6.07 Å². The number of hydrogen-bond acceptors (Lipinski definition) is 6. The lowest BCUT2D eigenvalue weighted by molar-refractivity contribution is 0.400. The molecule has 29 heavy (non-hydrogen) atoms. The number of sulfonamides is 1. The molecule has 1 fully saturated rings. The highest BCUT2D eigenvalue weighted by atomic mass is 32.2. The third kappa shape index (κ3) is 4.41. The molecular formula is C21H27N5O2S. The number of piperidine rings is 1. The maximum Gasteiger partial charge on any atom is 0.241 e. The van der Waals surface area contributed by atoms with E-state index in [4.69, 9.17) is 0 Å². The van der Waals surface area contributed by atoms with Crippen LogP contribution in [-0.4, -0.2) is 38.0 Å². The van der Waals surface area contributed by atoms with Crippen molar-refractivity contribution in [2.75, 3.05) is 24.5 Å². The molecule has 3 rings (SSSR count). The van der Waals surface area contributed by atoms with E-state index >= 15 is 0 Å². The maximum absolute atomic E-state index is 13.0. The Kier molecular flexibility index (Phi) is 6.20. The minimum absolute atomic E-state index is 0.245. The number of aromatic nitrogens is 2. The van der Waals surface area contributed by atoms with Crippen molar-refractivity contribution in [2.24, 2.45) is 5.92 Å². The van der Waals surface area contributed by atoms with Crippen molar-refractivity contribution < 1.29 is 8.42 Å². The second-order valence-corrected chi connectivity index (χ2v) is 9.42. The lowest BCUT2D eigenvalue weighted by Crippen LogP contribution is -2.39. The van der Waals surface area contributed by atoms with Gasteiger partial charge in [0, 0.05) is 32.0 Å². The average molecular weight is 414 g/mol. The summed E-state index contributed by atoms with van der Waals surface area (Å²) in [4.78, 5) is 10.8. The number of nitriles is 1. The van der Waals surface area contributed by atoms with Crippen molar-refractivity contribution in [2.45, 2.75) is 45.4 Å². The smallest absolute Gasteiger partial charge is 0.241 e. The number of nitrogens with zero attached hydrogens (tertiary/aromatic N) is 4. The van der Waals surface area contributed by atoms with E-state index < -0.39 is 10.0 Å². The largest absolute Gasteiger partial charge is 0.354 e. The van der Waals surface area contributed by atoms with Crippen molar-refractivity contribution in [3.8, 4) is 6.07 Å². The Bertz CT molecular complexity index is 1030. The molecule has 0 unspecified atom stereocenters. The third-order valence-electron chi connectivity index (χ3n) is 5.83. The van der Waals surface area contributed by atoms with Crippen LogP contribution in [-0.2, 0) is 10.0 Å². The zero-order valence-corrected chi connectivity index (χ0v) is 18.2. The lowest BCUT2D eigenvalue weighted by atomic mass is 9.97. The van der Waals surface area contributed by atoms with Crippen molar-refractivity contribution in [3.63, 3.8) is 0 Å². The predicted octanol–water partition coefficient (Wildman–Crippen LogP) is 2.78. The van der Waals surface area contributed by atoms with Gasteiger partial charge in [-0.1, -0.05) is 6.07 Å².